The highest BCUT2D eigenvalue weighted by Crippen LogP contribution is 2.39. The third-order valence-corrected chi connectivity index (χ3v) is 8.78. The molecule has 1 saturated heterocycles. The zero-order valence-corrected chi connectivity index (χ0v) is 28.1. The number of hydrogen-bond donors (Lipinski definition) is 1. The number of rotatable bonds is 4. The molecule has 2 aromatic rings. The van der Waals surface area contributed by atoms with Crippen LogP contribution >= 0.6 is 0 Å². The quantitative estimate of drug-likeness (QED) is 0.419. The molecule has 2 aliphatic heterocycles. The van der Waals surface area contributed by atoms with Crippen LogP contribution in [0.15, 0.2) is 36.4 Å². The Hall–Kier alpha value is -4.22. The van der Waals surface area contributed by atoms with E-state index in [-0.39, 0.29) is 42.7 Å². The summed E-state index contributed by atoms with van der Waals surface area (Å²) in [6, 6.07) is 3.02. The number of aromatic nitrogens is 2. The Bertz CT molecular complexity index is 1570. The lowest BCUT2D eigenvalue weighted by Crippen LogP contribution is -2.57. The first kappa shape index (κ1) is 34.1. The average molecular weight is 653 g/mol. The number of hydrogen-bond acceptors (Lipinski definition) is 9. The van der Waals surface area contributed by atoms with Crippen molar-refractivity contribution in [2.45, 2.75) is 85.1 Å². The number of fused-ring (bicyclic) bond motifs is 5. The molecule has 0 unspecified atom stereocenters. The van der Waals surface area contributed by atoms with E-state index in [0.29, 0.717) is 29.6 Å². The predicted molar refractivity (Wildman–Crippen MR) is 173 cm³/mol. The van der Waals surface area contributed by atoms with E-state index < -0.39 is 53.3 Å². The van der Waals surface area contributed by atoms with E-state index in [1.165, 1.54) is 18.1 Å². The van der Waals surface area contributed by atoms with Crippen LogP contribution in [0, 0.1) is 23.2 Å². The molecule has 1 N–H and O–H groups in total. The summed E-state index contributed by atoms with van der Waals surface area (Å²) in [5.41, 5.74) is 0.0256. The summed E-state index contributed by atoms with van der Waals surface area (Å²) >= 11 is 0. The first-order valence-corrected chi connectivity index (χ1v) is 16.3. The fourth-order valence-electron chi connectivity index (χ4n) is 5.94. The fraction of sp³-hybridized carbons (Fsp3) is 0.571. The van der Waals surface area contributed by atoms with E-state index in [9.17, 15) is 14.4 Å². The highest BCUT2D eigenvalue weighted by molar-refractivity contribution is 5.91. The molecule has 2 bridgehead atoms. The summed E-state index contributed by atoms with van der Waals surface area (Å²) in [6.07, 6.45) is 5.17. The molecule has 1 saturated carbocycles. The van der Waals surface area contributed by atoms with Gasteiger partial charge in [0.15, 0.2) is 11.5 Å². The summed E-state index contributed by atoms with van der Waals surface area (Å²) in [7, 11) is 1.53. The number of nitrogens with zero attached hydrogens (tertiary/aromatic N) is 3. The first-order chi connectivity index (χ1) is 22.3. The van der Waals surface area contributed by atoms with Gasteiger partial charge in [-0.2, -0.15) is 0 Å². The van der Waals surface area contributed by atoms with Crippen molar-refractivity contribution in [3.63, 3.8) is 0 Å². The van der Waals surface area contributed by atoms with Gasteiger partial charge in [-0.05, 0) is 54.7 Å². The summed E-state index contributed by atoms with van der Waals surface area (Å²) in [5, 5.41) is 2.79. The molecular formula is C35H45FN4O7. The van der Waals surface area contributed by atoms with Crippen molar-refractivity contribution in [2.24, 2.45) is 23.2 Å². The van der Waals surface area contributed by atoms with E-state index in [1.807, 2.05) is 40.7 Å². The largest absolute Gasteiger partial charge is 0.497 e. The minimum Gasteiger partial charge on any atom is -0.497 e. The van der Waals surface area contributed by atoms with Crippen molar-refractivity contribution in [3.8, 4) is 11.6 Å². The van der Waals surface area contributed by atoms with E-state index in [4.69, 9.17) is 18.9 Å². The van der Waals surface area contributed by atoms with Crippen LogP contribution < -0.4 is 14.8 Å². The molecule has 3 heterocycles. The monoisotopic (exact) mass is 652 g/mol. The van der Waals surface area contributed by atoms with Crippen molar-refractivity contribution in [2.75, 3.05) is 20.3 Å². The van der Waals surface area contributed by atoms with Crippen LogP contribution in [0.25, 0.3) is 16.9 Å². The summed E-state index contributed by atoms with van der Waals surface area (Å²) in [4.78, 5) is 51.6. The van der Waals surface area contributed by atoms with Crippen LogP contribution in [-0.4, -0.2) is 77.4 Å². The van der Waals surface area contributed by atoms with Gasteiger partial charge < -0.3 is 29.2 Å². The molecule has 3 aliphatic rings. The molecule has 1 aromatic heterocycles. The number of nitrogens with one attached hydrogen (secondary N) is 1. The minimum atomic E-state index is -1.03. The maximum Gasteiger partial charge on any atom is 0.408 e. The smallest absolute Gasteiger partial charge is 0.408 e. The Morgan fingerprint density at radius 3 is 2.62 bits per heavy atom. The van der Waals surface area contributed by atoms with E-state index >= 15 is 4.39 Å². The molecule has 0 spiro atoms. The second kappa shape index (κ2) is 13.9. The number of benzene rings is 1. The number of amides is 2. The van der Waals surface area contributed by atoms with Crippen molar-refractivity contribution in [1.29, 1.82) is 0 Å². The van der Waals surface area contributed by atoms with Crippen LogP contribution in [0.1, 0.15) is 66.5 Å². The zero-order valence-electron chi connectivity index (χ0n) is 28.1. The van der Waals surface area contributed by atoms with Gasteiger partial charge in [-0.15, -0.1) is 0 Å². The molecule has 254 valence electrons. The van der Waals surface area contributed by atoms with Crippen molar-refractivity contribution < 1.29 is 37.7 Å². The summed E-state index contributed by atoms with van der Waals surface area (Å²) < 4.78 is 38.9. The van der Waals surface area contributed by atoms with Gasteiger partial charge in [-0.25, -0.2) is 23.9 Å². The minimum absolute atomic E-state index is 0.0437. The number of alkyl carbamates (subject to hydrolysis) is 1. The lowest BCUT2D eigenvalue weighted by atomic mass is 9.85. The molecule has 5 rings (SSSR count). The van der Waals surface area contributed by atoms with Gasteiger partial charge in [0, 0.05) is 12.0 Å². The fourth-order valence-corrected chi connectivity index (χ4v) is 5.94. The van der Waals surface area contributed by atoms with Gasteiger partial charge in [-0.3, -0.25) is 4.79 Å². The van der Waals surface area contributed by atoms with Crippen LogP contribution in [0.3, 0.4) is 0 Å². The normalized spacial score (nSPS) is 28.7. The molecule has 12 heteroatoms. The first-order valence-electron chi connectivity index (χ1n) is 16.3. The molecule has 0 radical (unpaired) electrons. The van der Waals surface area contributed by atoms with Gasteiger partial charge in [0.2, 0.25) is 11.8 Å². The van der Waals surface area contributed by atoms with Gasteiger partial charge >= 0.3 is 12.1 Å². The van der Waals surface area contributed by atoms with Crippen LogP contribution in [0.5, 0.6) is 11.6 Å². The Morgan fingerprint density at radius 2 is 1.91 bits per heavy atom. The van der Waals surface area contributed by atoms with Crippen molar-refractivity contribution in [1.82, 2.24) is 20.2 Å². The lowest BCUT2D eigenvalue weighted by Gasteiger charge is -2.35. The average Bonchev–Trinajstić information content (AvgIpc) is 3.67. The molecule has 11 nitrogen and oxygen atoms in total. The van der Waals surface area contributed by atoms with E-state index in [1.54, 1.807) is 31.2 Å². The van der Waals surface area contributed by atoms with Crippen molar-refractivity contribution >= 4 is 34.8 Å². The zero-order chi connectivity index (χ0) is 34.0. The summed E-state index contributed by atoms with van der Waals surface area (Å²) in [6.45, 7) is 11.2. The highest BCUT2D eigenvalue weighted by atomic mass is 19.1. The Kier molecular flexibility index (Phi) is 10.1. The highest BCUT2D eigenvalue weighted by Gasteiger charge is 2.51. The SMILES string of the molecule is COc1ccc2nc3c(nc2c1)O[C@H]1CN(C(=O)[C@H](C(C)(C)C)NC(=O)O[C@@H]2C[C@H]2CC/C=C/C=C/3F)[C@H](C(=O)OCC(C)C)[C@@H]1C. The number of methoxy groups -OCH3 is 1. The van der Waals surface area contributed by atoms with Gasteiger partial charge in [0.1, 0.15) is 30.0 Å². The number of carbonyl (C=O) groups excluding carboxylic acids is 3. The molecule has 47 heavy (non-hydrogen) atoms. The van der Waals surface area contributed by atoms with Crippen molar-refractivity contribution in [3.05, 3.63) is 42.1 Å². The molecule has 2 fully saturated rings. The van der Waals surface area contributed by atoms with E-state index in [0.717, 1.165) is 6.42 Å². The van der Waals surface area contributed by atoms with Gasteiger partial charge in [-0.1, -0.05) is 53.7 Å². The number of esters is 1. The maximum atomic E-state index is 15.8. The molecule has 1 aromatic carbocycles. The maximum absolute atomic E-state index is 15.8. The topological polar surface area (TPSA) is 129 Å². The predicted octanol–water partition coefficient (Wildman–Crippen LogP) is 5.62. The van der Waals surface area contributed by atoms with Crippen LogP contribution in [0.4, 0.5) is 9.18 Å². The Morgan fingerprint density at radius 1 is 1.15 bits per heavy atom. The molecule has 2 amide bonds. The lowest BCUT2D eigenvalue weighted by molar-refractivity contribution is -0.156. The van der Waals surface area contributed by atoms with Gasteiger partial charge in [0.25, 0.3) is 0 Å². The van der Waals surface area contributed by atoms with E-state index in [2.05, 4.69) is 15.3 Å². The van der Waals surface area contributed by atoms with Crippen LogP contribution in [-0.2, 0) is 19.1 Å². The number of halogens is 1. The van der Waals surface area contributed by atoms with Crippen LogP contribution in [0.2, 0.25) is 0 Å². The second-order valence-electron chi connectivity index (χ2n) is 14.1. The third-order valence-electron chi connectivity index (χ3n) is 8.78. The standard InChI is InChI=1S/C35H45FN4O7/c1-19(2)18-45-33(42)29-20(3)27-17-40(29)32(41)30(35(4,5)6)39-34(43)47-26-15-21(26)11-9-8-10-12-23(36)28-31(46-27)38-25-16-22(44-7)13-14-24(25)37-28/h8,10,12-14,16,19-21,26-27,29-30H,9,11,15,17-18H2,1-7H3,(H,39,43)/b10-8+,23-12-/t20-,21-,26-,27+,29+,30-/m1/s1. The molecule has 1 aliphatic carbocycles. The Balaban J connectivity index is 1.58. The molecular weight excluding hydrogens is 607 g/mol. The Labute approximate surface area is 274 Å². The molecule has 6 atom stereocenters. The third kappa shape index (κ3) is 7.85. The number of ether oxygens (including phenoxy) is 4. The second-order valence-corrected chi connectivity index (χ2v) is 14.1. The number of carbonyl (C=O) groups is 3. The van der Waals surface area contributed by atoms with Gasteiger partial charge in [0.05, 0.1) is 31.3 Å². The summed E-state index contributed by atoms with van der Waals surface area (Å²) in [5.74, 6) is -1.61. The number of allylic oxidation sites excluding steroid dienone is 3.